The number of aryl methyl sites for hydroxylation is 1. The fourth-order valence-corrected chi connectivity index (χ4v) is 1.67. The Morgan fingerprint density at radius 2 is 2.11 bits per heavy atom. The molecule has 0 aliphatic rings. The van der Waals surface area contributed by atoms with Gasteiger partial charge in [-0.3, -0.25) is 4.79 Å². The first-order valence-electron chi connectivity index (χ1n) is 5.23. The molecule has 19 heavy (non-hydrogen) atoms. The summed E-state index contributed by atoms with van der Waals surface area (Å²) in [6.45, 7) is 1.81. The Hall–Kier alpha value is -2.34. The minimum absolute atomic E-state index is 0.0297. The molecule has 2 aromatic rings. The van der Waals surface area contributed by atoms with E-state index in [1.807, 2.05) is 6.92 Å². The zero-order valence-corrected chi connectivity index (χ0v) is 10.5. The van der Waals surface area contributed by atoms with Gasteiger partial charge in [0, 0.05) is 10.6 Å². The zero-order valence-electron chi connectivity index (χ0n) is 9.77. The molecule has 0 saturated heterocycles. The van der Waals surface area contributed by atoms with Crippen molar-refractivity contribution < 1.29 is 15.0 Å². The van der Waals surface area contributed by atoms with Crippen molar-refractivity contribution >= 4 is 17.6 Å². The summed E-state index contributed by atoms with van der Waals surface area (Å²) in [5.41, 5.74) is -0.324. The van der Waals surface area contributed by atoms with Crippen LogP contribution in [0.2, 0.25) is 5.02 Å². The highest BCUT2D eigenvalue weighted by Gasteiger charge is 2.17. The number of carboxylic acids is 1. The maximum absolute atomic E-state index is 11.4. The van der Waals surface area contributed by atoms with Gasteiger partial charge in [-0.2, -0.15) is 0 Å². The van der Waals surface area contributed by atoms with Crippen LogP contribution in [0.3, 0.4) is 0 Å². The maximum Gasteiger partial charge on any atom is 0.358 e. The predicted molar refractivity (Wildman–Crippen MR) is 68.7 cm³/mol. The van der Waals surface area contributed by atoms with Crippen LogP contribution < -0.4 is 5.56 Å². The lowest BCUT2D eigenvalue weighted by Gasteiger charge is -2.05. The molecule has 2 rings (SSSR count). The van der Waals surface area contributed by atoms with Crippen LogP contribution in [0.4, 0.5) is 0 Å². The number of nitrogens with one attached hydrogen (secondary N) is 1. The van der Waals surface area contributed by atoms with Gasteiger partial charge in [0.2, 0.25) is 5.75 Å². The van der Waals surface area contributed by atoms with E-state index in [1.165, 1.54) is 0 Å². The minimum Gasteiger partial charge on any atom is -0.501 e. The van der Waals surface area contributed by atoms with E-state index in [0.717, 1.165) is 5.56 Å². The molecule has 1 aromatic carbocycles. The zero-order chi connectivity index (χ0) is 14.2. The van der Waals surface area contributed by atoms with Gasteiger partial charge < -0.3 is 15.2 Å². The molecule has 98 valence electrons. The Labute approximate surface area is 112 Å². The molecule has 0 aliphatic carbocycles. The normalized spacial score (nSPS) is 10.4. The van der Waals surface area contributed by atoms with Gasteiger partial charge in [0.05, 0.1) is 0 Å². The number of aromatic hydroxyl groups is 1. The van der Waals surface area contributed by atoms with Crippen molar-refractivity contribution in [3.63, 3.8) is 0 Å². The number of H-pyrrole nitrogens is 1. The van der Waals surface area contributed by atoms with Crippen molar-refractivity contribution in [2.24, 2.45) is 0 Å². The number of aromatic nitrogens is 2. The van der Waals surface area contributed by atoms with Gasteiger partial charge in [0.25, 0.3) is 5.56 Å². The number of carbonyl (C=O) groups is 1. The Morgan fingerprint density at radius 1 is 1.42 bits per heavy atom. The number of hydrogen-bond donors (Lipinski definition) is 3. The van der Waals surface area contributed by atoms with E-state index in [2.05, 4.69) is 9.97 Å². The number of aromatic carboxylic acids is 1. The second kappa shape index (κ2) is 4.74. The number of aromatic amines is 1. The summed E-state index contributed by atoms with van der Waals surface area (Å²) in [5, 5.41) is 18.6. The number of carboxylic acid groups (broad SMARTS) is 1. The largest absolute Gasteiger partial charge is 0.501 e. The predicted octanol–water partition coefficient (Wildman–Crippen LogP) is 1.80. The first-order valence-corrected chi connectivity index (χ1v) is 5.61. The van der Waals surface area contributed by atoms with Crippen molar-refractivity contribution in [3.05, 3.63) is 44.8 Å². The van der Waals surface area contributed by atoms with Crippen LogP contribution in [0.1, 0.15) is 16.1 Å². The monoisotopic (exact) mass is 280 g/mol. The molecule has 3 N–H and O–H groups in total. The van der Waals surface area contributed by atoms with Crippen LogP contribution >= 0.6 is 11.6 Å². The van der Waals surface area contributed by atoms with Gasteiger partial charge in [-0.15, -0.1) is 0 Å². The van der Waals surface area contributed by atoms with Crippen LogP contribution in [0.5, 0.6) is 5.75 Å². The molecule has 0 saturated carbocycles. The third kappa shape index (κ3) is 2.43. The Morgan fingerprint density at radius 3 is 2.68 bits per heavy atom. The molecule has 0 amide bonds. The van der Waals surface area contributed by atoms with E-state index in [4.69, 9.17) is 16.7 Å². The van der Waals surface area contributed by atoms with Gasteiger partial charge in [-0.05, 0) is 18.6 Å². The van der Waals surface area contributed by atoms with Crippen LogP contribution in [0.15, 0.2) is 23.0 Å². The molecule has 0 bridgehead atoms. The van der Waals surface area contributed by atoms with E-state index in [1.54, 1.807) is 18.2 Å². The molecule has 0 spiro atoms. The summed E-state index contributed by atoms with van der Waals surface area (Å²) in [6, 6.07) is 4.91. The third-order valence-electron chi connectivity index (χ3n) is 2.54. The Balaban J connectivity index is 2.66. The molecule has 0 aliphatic heterocycles. The Bertz CT molecular complexity index is 724. The highest BCUT2D eigenvalue weighted by atomic mass is 35.5. The molecule has 1 aromatic heterocycles. The molecule has 0 fully saturated rings. The summed E-state index contributed by atoms with van der Waals surface area (Å²) >= 11 is 5.95. The minimum atomic E-state index is -1.48. The van der Waals surface area contributed by atoms with E-state index < -0.39 is 23.0 Å². The summed E-state index contributed by atoms with van der Waals surface area (Å²) < 4.78 is 0. The van der Waals surface area contributed by atoms with Gasteiger partial charge in [-0.25, -0.2) is 9.78 Å². The van der Waals surface area contributed by atoms with Gasteiger partial charge in [0.1, 0.15) is 5.82 Å². The van der Waals surface area contributed by atoms with Gasteiger partial charge in [-0.1, -0.05) is 23.7 Å². The second-order valence-electron chi connectivity index (χ2n) is 3.88. The lowest BCUT2D eigenvalue weighted by Crippen LogP contribution is -2.15. The van der Waals surface area contributed by atoms with E-state index in [9.17, 15) is 14.7 Å². The van der Waals surface area contributed by atoms with Crippen LogP contribution in [0.25, 0.3) is 11.4 Å². The fourth-order valence-electron chi connectivity index (χ4n) is 1.49. The number of nitrogens with zero attached hydrogens (tertiary/aromatic N) is 1. The average molecular weight is 281 g/mol. The van der Waals surface area contributed by atoms with Crippen molar-refractivity contribution in [3.8, 4) is 17.1 Å². The average Bonchev–Trinajstić information content (AvgIpc) is 2.35. The van der Waals surface area contributed by atoms with E-state index in [0.29, 0.717) is 10.6 Å². The van der Waals surface area contributed by atoms with Gasteiger partial charge in [0.15, 0.2) is 5.69 Å². The van der Waals surface area contributed by atoms with Crippen LogP contribution in [-0.4, -0.2) is 26.2 Å². The maximum atomic E-state index is 11.4. The SMILES string of the molecule is Cc1ccc(-c2nc(C(=O)O)c(O)c(=O)[nH]2)cc1Cl. The van der Waals surface area contributed by atoms with Crippen LogP contribution in [-0.2, 0) is 0 Å². The molecule has 1 heterocycles. The molecule has 7 heteroatoms. The summed E-state index contributed by atoms with van der Waals surface area (Å²) in [5.74, 6) is -2.38. The number of benzene rings is 1. The lowest BCUT2D eigenvalue weighted by molar-refractivity contribution is 0.0686. The van der Waals surface area contributed by atoms with Crippen molar-refractivity contribution in [2.45, 2.75) is 6.92 Å². The topological polar surface area (TPSA) is 103 Å². The lowest BCUT2D eigenvalue weighted by atomic mass is 10.1. The molecule has 0 unspecified atom stereocenters. The summed E-state index contributed by atoms with van der Waals surface area (Å²) in [6.07, 6.45) is 0. The molecular formula is C12H9ClN2O4. The van der Waals surface area contributed by atoms with Crippen molar-refractivity contribution in [1.29, 1.82) is 0 Å². The molecule has 0 radical (unpaired) electrons. The van der Waals surface area contributed by atoms with E-state index >= 15 is 0 Å². The highest BCUT2D eigenvalue weighted by molar-refractivity contribution is 6.31. The van der Waals surface area contributed by atoms with Crippen molar-refractivity contribution in [2.75, 3.05) is 0 Å². The quantitative estimate of drug-likeness (QED) is 0.778. The second-order valence-corrected chi connectivity index (χ2v) is 4.29. The summed E-state index contributed by atoms with van der Waals surface area (Å²) in [7, 11) is 0. The molecular weight excluding hydrogens is 272 g/mol. The molecule has 0 atom stereocenters. The third-order valence-corrected chi connectivity index (χ3v) is 2.95. The fraction of sp³-hybridized carbons (Fsp3) is 0.0833. The number of halogens is 1. The van der Waals surface area contributed by atoms with Crippen LogP contribution in [0, 0.1) is 6.92 Å². The molecule has 6 nitrogen and oxygen atoms in total. The Kier molecular flexibility index (Phi) is 3.26. The number of hydrogen-bond acceptors (Lipinski definition) is 4. The first-order chi connectivity index (χ1) is 8.90. The van der Waals surface area contributed by atoms with Crippen molar-refractivity contribution in [1.82, 2.24) is 9.97 Å². The van der Waals surface area contributed by atoms with Gasteiger partial charge >= 0.3 is 5.97 Å². The standard InChI is InChI=1S/C12H9ClN2O4/c1-5-2-3-6(4-7(5)13)10-14-8(12(18)19)9(16)11(17)15-10/h2-4,16H,1H3,(H,18,19)(H,14,15,17). The highest BCUT2D eigenvalue weighted by Crippen LogP contribution is 2.23. The smallest absolute Gasteiger partial charge is 0.358 e. The van der Waals surface area contributed by atoms with E-state index in [-0.39, 0.29) is 5.82 Å². The number of rotatable bonds is 2. The summed E-state index contributed by atoms with van der Waals surface area (Å²) in [4.78, 5) is 28.3. The first kappa shape index (κ1) is 13.1.